The maximum atomic E-state index is 11.8. The Morgan fingerprint density at radius 1 is 1.19 bits per heavy atom. The lowest BCUT2D eigenvalue weighted by molar-refractivity contribution is -0.122. The van der Waals surface area contributed by atoms with Crippen molar-refractivity contribution >= 4 is 5.91 Å². The van der Waals surface area contributed by atoms with Crippen LogP contribution < -0.4 is 10.1 Å². The largest absolute Gasteiger partial charge is 0.478 e. The first kappa shape index (κ1) is 18.0. The summed E-state index contributed by atoms with van der Waals surface area (Å²) in [5.74, 6) is 7.33. The molecule has 3 rings (SSSR count). The predicted octanol–water partition coefficient (Wildman–Crippen LogP) is 3.34. The Morgan fingerprint density at radius 3 is 2.50 bits per heavy atom. The molecule has 26 heavy (non-hydrogen) atoms. The first-order chi connectivity index (χ1) is 12.6. The number of nitrogens with one attached hydrogen (secondary N) is 1. The molecule has 134 valence electrons. The summed E-state index contributed by atoms with van der Waals surface area (Å²) in [6, 6.07) is 12.0. The average Bonchev–Trinajstić information content (AvgIpc) is 3.48. The zero-order valence-electron chi connectivity index (χ0n) is 15.3. The third kappa shape index (κ3) is 5.35. The fraction of sp³-hybridized carbons (Fsp3) is 0.364. The van der Waals surface area contributed by atoms with Gasteiger partial charge >= 0.3 is 0 Å². The summed E-state index contributed by atoms with van der Waals surface area (Å²) in [6.45, 7) is 4.58. The monoisotopic (exact) mass is 348 g/mol. The summed E-state index contributed by atoms with van der Waals surface area (Å²) >= 11 is 0. The molecule has 4 nitrogen and oxygen atoms in total. The Hall–Kier alpha value is -2.80. The minimum Gasteiger partial charge on any atom is -0.478 e. The number of aromatic nitrogens is 1. The first-order valence-corrected chi connectivity index (χ1v) is 9.14. The fourth-order valence-electron chi connectivity index (χ4n) is 2.67. The average molecular weight is 348 g/mol. The second-order valence-electron chi connectivity index (χ2n) is 6.65. The normalized spacial score (nSPS) is 14.1. The van der Waals surface area contributed by atoms with E-state index < -0.39 is 0 Å². The van der Waals surface area contributed by atoms with Crippen LogP contribution in [0.5, 0.6) is 5.88 Å². The SMILES string of the molecule is CCOc1ccc(C#Cc2ccc(CC(C)NC(=O)C3CC3)cc2)cn1. The highest BCUT2D eigenvalue weighted by Gasteiger charge is 2.30. The molecule has 0 bridgehead atoms. The molecule has 0 saturated heterocycles. The van der Waals surface area contributed by atoms with E-state index in [0.717, 1.165) is 30.4 Å². The Bertz CT molecular complexity index is 797. The van der Waals surface area contributed by atoms with Gasteiger partial charge < -0.3 is 10.1 Å². The highest BCUT2D eigenvalue weighted by molar-refractivity contribution is 5.81. The van der Waals surface area contributed by atoms with Crippen LogP contribution in [0.2, 0.25) is 0 Å². The molecule has 1 aromatic carbocycles. The molecule has 1 unspecified atom stereocenters. The van der Waals surface area contributed by atoms with Gasteiger partial charge in [-0.1, -0.05) is 24.0 Å². The Kier molecular flexibility index (Phi) is 5.91. The Morgan fingerprint density at radius 2 is 1.88 bits per heavy atom. The van der Waals surface area contributed by atoms with Crippen LogP contribution in [0.4, 0.5) is 0 Å². The van der Waals surface area contributed by atoms with E-state index in [4.69, 9.17) is 4.74 Å². The van der Waals surface area contributed by atoms with Crippen molar-refractivity contribution in [3.63, 3.8) is 0 Å². The lowest BCUT2D eigenvalue weighted by Gasteiger charge is -2.13. The van der Waals surface area contributed by atoms with E-state index in [1.165, 1.54) is 5.56 Å². The van der Waals surface area contributed by atoms with Gasteiger partial charge in [0, 0.05) is 35.3 Å². The van der Waals surface area contributed by atoms with E-state index in [2.05, 4.69) is 34.3 Å². The standard InChI is InChI=1S/C22H24N2O2/c1-3-26-21-13-10-19(15-23-21)9-6-17-4-7-18(8-5-17)14-16(2)24-22(25)20-11-12-20/h4-5,7-8,10,13,15-16,20H,3,11-12,14H2,1-2H3,(H,24,25). The highest BCUT2D eigenvalue weighted by atomic mass is 16.5. The molecule has 1 amide bonds. The van der Waals surface area contributed by atoms with Crippen LogP contribution >= 0.6 is 0 Å². The van der Waals surface area contributed by atoms with Crippen LogP contribution in [0.1, 0.15) is 43.4 Å². The van der Waals surface area contributed by atoms with E-state index in [-0.39, 0.29) is 17.9 Å². The molecule has 1 fully saturated rings. The van der Waals surface area contributed by atoms with Gasteiger partial charge in [0.25, 0.3) is 0 Å². The Labute approximate surface area is 155 Å². The number of carbonyl (C=O) groups is 1. The van der Waals surface area contributed by atoms with E-state index in [1.54, 1.807) is 6.20 Å². The number of ether oxygens (including phenoxy) is 1. The first-order valence-electron chi connectivity index (χ1n) is 9.14. The lowest BCUT2D eigenvalue weighted by Crippen LogP contribution is -2.35. The quantitative estimate of drug-likeness (QED) is 0.815. The lowest BCUT2D eigenvalue weighted by atomic mass is 10.0. The molecule has 1 heterocycles. The molecular formula is C22H24N2O2. The number of pyridine rings is 1. The van der Waals surface area contributed by atoms with Crippen molar-refractivity contribution in [3.05, 3.63) is 59.3 Å². The number of carbonyl (C=O) groups excluding carboxylic acids is 1. The summed E-state index contributed by atoms with van der Waals surface area (Å²) in [5, 5.41) is 3.08. The summed E-state index contributed by atoms with van der Waals surface area (Å²) < 4.78 is 5.32. The second-order valence-corrected chi connectivity index (χ2v) is 6.65. The van der Waals surface area contributed by atoms with Crippen LogP contribution in [0.25, 0.3) is 0 Å². The summed E-state index contributed by atoms with van der Waals surface area (Å²) in [7, 11) is 0. The number of nitrogens with zero attached hydrogens (tertiary/aromatic N) is 1. The minimum atomic E-state index is 0.148. The maximum Gasteiger partial charge on any atom is 0.223 e. The minimum absolute atomic E-state index is 0.148. The van der Waals surface area contributed by atoms with Crippen molar-refractivity contribution in [3.8, 4) is 17.7 Å². The molecule has 1 aromatic heterocycles. The maximum absolute atomic E-state index is 11.8. The van der Waals surface area contributed by atoms with Crippen molar-refractivity contribution in [1.82, 2.24) is 10.3 Å². The van der Waals surface area contributed by atoms with Gasteiger partial charge in [-0.2, -0.15) is 0 Å². The van der Waals surface area contributed by atoms with Gasteiger partial charge in [0.05, 0.1) is 6.61 Å². The molecule has 1 aliphatic carbocycles. The molecular weight excluding hydrogens is 324 g/mol. The Balaban J connectivity index is 1.55. The topological polar surface area (TPSA) is 51.2 Å². The van der Waals surface area contributed by atoms with Crippen LogP contribution in [0, 0.1) is 17.8 Å². The molecule has 1 N–H and O–H groups in total. The van der Waals surface area contributed by atoms with Gasteiger partial charge in [0.2, 0.25) is 11.8 Å². The summed E-state index contributed by atoms with van der Waals surface area (Å²) in [4.78, 5) is 16.0. The molecule has 1 aliphatic rings. The van der Waals surface area contributed by atoms with Gasteiger partial charge in [-0.15, -0.1) is 0 Å². The van der Waals surface area contributed by atoms with Crippen molar-refractivity contribution < 1.29 is 9.53 Å². The number of amides is 1. The molecule has 1 atom stereocenters. The van der Waals surface area contributed by atoms with E-state index in [9.17, 15) is 4.79 Å². The summed E-state index contributed by atoms with van der Waals surface area (Å²) in [5.41, 5.74) is 3.01. The second kappa shape index (κ2) is 8.53. The van der Waals surface area contributed by atoms with E-state index >= 15 is 0 Å². The molecule has 0 radical (unpaired) electrons. The number of benzene rings is 1. The van der Waals surface area contributed by atoms with Crippen molar-refractivity contribution in [2.75, 3.05) is 6.61 Å². The fourth-order valence-corrected chi connectivity index (χ4v) is 2.67. The van der Waals surface area contributed by atoms with Crippen molar-refractivity contribution in [2.24, 2.45) is 5.92 Å². The third-order valence-corrected chi connectivity index (χ3v) is 4.21. The zero-order valence-corrected chi connectivity index (χ0v) is 15.3. The predicted molar refractivity (Wildman–Crippen MR) is 102 cm³/mol. The van der Waals surface area contributed by atoms with E-state index in [0.29, 0.717) is 12.5 Å². The van der Waals surface area contributed by atoms with E-state index in [1.807, 2.05) is 38.1 Å². The molecule has 0 spiro atoms. The summed E-state index contributed by atoms with van der Waals surface area (Å²) in [6.07, 6.45) is 4.62. The highest BCUT2D eigenvalue weighted by Crippen LogP contribution is 2.28. The third-order valence-electron chi connectivity index (χ3n) is 4.21. The van der Waals surface area contributed by atoms with Gasteiger partial charge in [0.15, 0.2) is 0 Å². The number of hydrogen-bond donors (Lipinski definition) is 1. The zero-order chi connectivity index (χ0) is 18.4. The molecule has 4 heteroatoms. The van der Waals surface area contributed by atoms with Gasteiger partial charge in [0.1, 0.15) is 0 Å². The van der Waals surface area contributed by atoms with Gasteiger partial charge in [-0.25, -0.2) is 4.98 Å². The number of rotatable bonds is 6. The van der Waals surface area contributed by atoms with Crippen LogP contribution in [-0.2, 0) is 11.2 Å². The molecule has 2 aromatic rings. The van der Waals surface area contributed by atoms with Gasteiger partial charge in [-0.05, 0) is 56.9 Å². The number of hydrogen-bond acceptors (Lipinski definition) is 3. The van der Waals surface area contributed by atoms with Crippen LogP contribution in [-0.4, -0.2) is 23.5 Å². The molecule has 1 saturated carbocycles. The van der Waals surface area contributed by atoms with Crippen LogP contribution in [0.15, 0.2) is 42.6 Å². The van der Waals surface area contributed by atoms with Crippen molar-refractivity contribution in [1.29, 1.82) is 0 Å². The smallest absolute Gasteiger partial charge is 0.223 e. The molecule has 0 aliphatic heterocycles. The van der Waals surface area contributed by atoms with Crippen LogP contribution in [0.3, 0.4) is 0 Å². The van der Waals surface area contributed by atoms with Gasteiger partial charge in [-0.3, -0.25) is 4.79 Å². The van der Waals surface area contributed by atoms with Crippen molar-refractivity contribution in [2.45, 2.75) is 39.2 Å².